The molecule has 6 nitrogen and oxygen atoms in total. The van der Waals surface area contributed by atoms with Gasteiger partial charge in [-0.05, 0) is 12.8 Å². The number of ether oxygens (including phenoxy) is 3. The van der Waals surface area contributed by atoms with Crippen LogP contribution in [0.25, 0.3) is 0 Å². The number of hydrogen-bond donors (Lipinski definition) is 3. The van der Waals surface area contributed by atoms with Crippen molar-refractivity contribution in [2.24, 2.45) is 0 Å². The van der Waals surface area contributed by atoms with Crippen molar-refractivity contribution in [1.82, 2.24) is 0 Å². The van der Waals surface area contributed by atoms with Crippen molar-refractivity contribution in [2.75, 3.05) is 6.61 Å². The van der Waals surface area contributed by atoms with E-state index in [4.69, 9.17) is 14.2 Å². The standard InChI is InChI=1S/C12H20O6/c13-8-9(14)11(15)17-7-6-16-12(18-10(7)8)4-2-1-3-5-12/h7-11,13-15H,1-6H2/t7-,8-,9+,10-,11?/m1/s1. The molecule has 0 aromatic carbocycles. The van der Waals surface area contributed by atoms with Crippen molar-refractivity contribution < 1.29 is 29.5 Å². The van der Waals surface area contributed by atoms with Crippen LogP contribution in [-0.2, 0) is 14.2 Å². The maximum atomic E-state index is 9.99. The molecule has 2 saturated heterocycles. The molecule has 3 aliphatic rings. The average Bonchev–Trinajstić information content (AvgIpc) is 2.39. The van der Waals surface area contributed by atoms with Crippen LogP contribution in [0.4, 0.5) is 0 Å². The second-order valence-corrected chi connectivity index (χ2v) is 5.41. The molecule has 18 heavy (non-hydrogen) atoms. The lowest BCUT2D eigenvalue weighted by molar-refractivity contribution is -0.391. The third-order valence-electron chi connectivity index (χ3n) is 4.14. The molecule has 3 N–H and O–H groups in total. The van der Waals surface area contributed by atoms with Gasteiger partial charge in [-0.1, -0.05) is 6.42 Å². The quantitative estimate of drug-likeness (QED) is 0.544. The van der Waals surface area contributed by atoms with Gasteiger partial charge >= 0.3 is 0 Å². The number of aliphatic hydroxyl groups is 3. The Morgan fingerprint density at radius 3 is 2.39 bits per heavy atom. The second-order valence-electron chi connectivity index (χ2n) is 5.41. The maximum Gasteiger partial charge on any atom is 0.184 e. The molecule has 0 aromatic heterocycles. The molecule has 6 heteroatoms. The molecular weight excluding hydrogens is 240 g/mol. The van der Waals surface area contributed by atoms with Crippen LogP contribution in [0.15, 0.2) is 0 Å². The molecule has 104 valence electrons. The van der Waals surface area contributed by atoms with Crippen LogP contribution in [0.1, 0.15) is 32.1 Å². The summed E-state index contributed by atoms with van der Waals surface area (Å²) in [7, 11) is 0. The van der Waals surface area contributed by atoms with E-state index in [1.807, 2.05) is 0 Å². The van der Waals surface area contributed by atoms with E-state index >= 15 is 0 Å². The zero-order valence-electron chi connectivity index (χ0n) is 10.2. The van der Waals surface area contributed by atoms with Gasteiger partial charge in [0, 0.05) is 12.8 Å². The summed E-state index contributed by atoms with van der Waals surface area (Å²) in [6.45, 7) is 0.283. The average molecular weight is 260 g/mol. The van der Waals surface area contributed by atoms with Gasteiger partial charge in [-0.2, -0.15) is 0 Å². The first-order valence-electron chi connectivity index (χ1n) is 6.63. The smallest absolute Gasteiger partial charge is 0.184 e. The third kappa shape index (κ3) is 2.07. The van der Waals surface area contributed by atoms with Crippen LogP contribution >= 0.6 is 0 Å². The molecule has 0 bridgehead atoms. The van der Waals surface area contributed by atoms with Crippen molar-refractivity contribution in [3.63, 3.8) is 0 Å². The SMILES string of the molecule is OC1O[C@@H]2COC3(CCCCC3)O[C@H]2[C@H](O)[C@@H]1O. The topological polar surface area (TPSA) is 88.4 Å². The van der Waals surface area contributed by atoms with Crippen molar-refractivity contribution in [3.8, 4) is 0 Å². The molecule has 0 amide bonds. The molecule has 0 radical (unpaired) electrons. The Morgan fingerprint density at radius 2 is 1.67 bits per heavy atom. The van der Waals surface area contributed by atoms with Gasteiger partial charge in [-0.15, -0.1) is 0 Å². The van der Waals surface area contributed by atoms with E-state index in [9.17, 15) is 15.3 Å². The van der Waals surface area contributed by atoms with Gasteiger partial charge in [0.05, 0.1) is 6.61 Å². The monoisotopic (exact) mass is 260 g/mol. The highest BCUT2D eigenvalue weighted by atomic mass is 16.7. The minimum absolute atomic E-state index is 0.283. The Hall–Kier alpha value is -0.240. The molecule has 0 aromatic rings. The lowest BCUT2D eigenvalue weighted by Crippen LogP contribution is -2.65. The van der Waals surface area contributed by atoms with Gasteiger partial charge < -0.3 is 29.5 Å². The lowest BCUT2D eigenvalue weighted by atomic mass is 9.90. The van der Waals surface area contributed by atoms with E-state index < -0.39 is 36.5 Å². The Kier molecular flexibility index (Phi) is 3.34. The normalized spacial score (nSPS) is 47.8. The zero-order chi connectivity index (χ0) is 12.8. The fourth-order valence-electron chi connectivity index (χ4n) is 3.07. The predicted molar refractivity (Wildman–Crippen MR) is 59.5 cm³/mol. The van der Waals surface area contributed by atoms with Crippen LogP contribution in [0.3, 0.4) is 0 Å². The molecule has 3 fully saturated rings. The zero-order valence-corrected chi connectivity index (χ0v) is 10.2. The maximum absolute atomic E-state index is 9.99. The summed E-state index contributed by atoms with van der Waals surface area (Å²) in [5.41, 5.74) is 0. The van der Waals surface area contributed by atoms with E-state index in [1.54, 1.807) is 0 Å². The largest absolute Gasteiger partial charge is 0.387 e. The second kappa shape index (κ2) is 4.70. The molecule has 1 spiro atoms. The summed E-state index contributed by atoms with van der Waals surface area (Å²) >= 11 is 0. The Labute approximate surface area is 105 Å². The molecule has 5 atom stereocenters. The Morgan fingerprint density at radius 1 is 0.944 bits per heavy atom. The highest BCUT2D eigenvalue weighted by molar-refractivity contribution is 4.94. The van der Waals surface area contributed by atoms with E-state index in [2.05, 4.69) is 0 Å². The Balaban J connectivity index is 1.74. The summed E-state index contributed by atoms with van der Waals surface area (Å²) in [6, 6.07) is 0. The van der Waals surface area contributed by atoms with Crippen molar-refractivity contribution in [1.29, 1.82) is 0 Å². The third-order valence-corrected chi connectivity index (χ3v) is 4.14. The first-order chi connectivity index (χ1) is 8.61. The highest BCUT2D eigenvalue weighted by Crippen LogP contribution is 2.40. The molecule has 1 saturated carbocycles. The Bertz CT molecular complexity index is 301. The van der Waals surface area contributed by atoms with E-state index in [0.29, 0.717) is 0 Å². The molecular formula is C12H20O6. The first-order valence-corrected chi connectivity index (χ1v) is 6.63. The molecule has 2 aliphatic heterocycles. The fourth-order valence-corrected chi connectivity index (χ4v) is 3.07. The molecule has 2 heterocycles. The molecule has 3 rings (SSSR count). The van der Waals surface area contributed by atoms with E-state index in [1.165, 1.54) is 6.42 Å². The summed E-state index contributed by atoms with van der Waals surface area (Å²) in [6.07, 6.45) is -0.132. The van der Waals surface area contributed by atoms with Gasteiger partial charge in [0.1, 0.15) is 24.4 Å². The van der Waals surface area contributed by atoms with E-state index in [0.717, 1.165) is 25.7 Å². The van der Waals surface area contributed by atoms with Crippen LogP contribution in [-0.4, -0.2) is 58.4 Å². The number of rotatable bonds is 0. The van der Waals surface area contributed by atoms with Crippen molar-refractivity contribution >= 4 is 0 Å². The summed E-state index contributed by atoms with van der Waals surface area (Å²) < 4.78 is 16.8. The summed E-state index contributed by atoms with van der Waals surface area (Å²) in [4.78, 5) is 0. The van der Waals surface area contributed by atoms with Crippen molar-refractivity contribution in [2.45, 2.75) is 68.6 Å². The predicted octanol–water partition coefficient (Wildman–Crippen LogP) is -0.499. The van der Waals surface area contributed by atoms with Crippen LogP contribution in [0.2, 0.25) is 0 Å². The van der Waals surface area contributed by atoms with Crippen LogP contribution in [0.5, 0.6) is 0 Å². The summed E-state index contributed by atoms with van der Waals surface area (Å²) in [5, 5.41) is 29.1. The van der Waals surface area contributed by atoms with Gasteiger partial charge in [0.2, 0.25) is 0 Å². The van der Waals surface area contributed by atoms with Gasteiger partial charge in [0.25, 0.3) is 0 Å². The number of fused-ring (bicyclic) bond motifs is 1. The lowest BCUT2D eigenvalue weighted by Gasteiger charge is -2.50. The van der Waals surface area contributed by atoms with E-state index in [-0.39, 0.29) is 6.61 Å². The number of aliphatic hydroxyl groups excluding tert-OH is 3. The first kappa shape index (κ1) is 12.8. The minimum atomic E-state index is -1.38. The van der Waals surface area contributed by atoms with Crippen molar-refractivity contribution in [3.05, 3.63) is 0 Å². The van der Waals surface area contributed by atoms with Gasteiger partial charge in [0.15, 0.2) is 12.1 Å². The van der Waals surface area contributed by atoms with Crippen LogP contribution in [0, 0.1) is 0 Å². The summed E-state index contributed by atoms with van der Waals surface area (Å²) in [5.74, 6) is -0.633. The van der Waals surface area contributed by atoms with Gasteiger partial charge in [-0.25, -0.2) is 0 Å². The molecule has 1 unspecified atom stereocenters. The fraction of sp³-hybridized carbons (Fsp3) is 1.00. The number of hydrogen-bond acceptors (Lipinski definition) is 6. The highest BCUT2D eigenvalue weighted by Gasteiger charge is 2.52. The van der Waals surface area contributed by atoms with Crippen LogP contribution < -0.4 is 0 Å². The molecule has 1 aliphatic carbocycles. The minimum Gasteiger partial charge on any atom is -0.387 e. The van der Waals surface area contributed by atoms with Gasteiger partial charge in [-0.3, -0.25) is 0 Å².